The van der Waals surface area contributed by atoms with Gasteiger partial charge in [-0.3, -0.25) is 4.79 Å². The number of halogens is 1. The molecule has 0 atom stereocenters. The molecule has 2 aromatic rings. The molecule has 16 heavy (non-hydrogen) atoms. The highest BCUT2D eigenvalue weighted by molar-refractivity contribution is 9.10. The number of aromatic nitrogens is 1. The van der Waals surface area contributed by atoms with Crippen molar-refractivity contribution < 1.29 is 9.21 Å². The van der Waals surface area contributed by atoms with E-state index in [2.05, 4.69) is 26.2 Å². The Kier molecular flexibility index (Phi) is 3.05. The average Bonchev–Trinajstić information content (AvgIpc) is 2.65. The monoisotopic (exact) mass is 280 g/mol. The lowest BCUT2D eigenvalue weighted by Crippen LogP contribution is -2.11. The number of carbonyl (C=O) groups excluding carboxylic acids is 1. The Balaban J connectivity index is 2.13. The third-order valence-electron chi connectivity index (χ3n) is 1.93. The molecular formula is C11H9BrN2O2. The molecular weight excluding hydrogens is 272 g/mol. The lowest BCUT2D eigenvalue weighted by Gasteiger charge is -2.01. The first-order chi connectivity index (χ1) is 7.65. The van der Waals surface area contributed by atoms with Crippen molar-refractivity contribution in [1.82, 2.24) is 4.98 Å². The number of furan rings is 1. The second kappa shape index (κ2) is 4.49. The molecule has 0 fully saturated rings. The van der Waals surface area contributed by atoms with Gasteiger partial charge < -0.3 is 9.73 Å². The van der Waals surface area contributed by atoms with Crippen molar-refractivity contribution in [3.05, 3.63) is 46.5 Å². The van der Waals surface area contributed by atoms with Crippen LogP contribution in [0.2, 0.25) is 0 Å². The molecule has 0 aliphatic carbocycles. The number of rotatable bonds is 2. The number of anilines is 1. The van der Waals surface area contributed by atoms with E-state index in [4.69, 9.17) is 4.42 Å². The minimum Gasteiger partial charge on any atom is -0.456 e. The van der Waals surface area contributed by atoms with Crippen molar-refractivity contribution in [2.75, 3.05) is 5.32 Å². The first-order valence-electron chi connectivity index (χ1n) is 4.64. The van der Waals surface area contributed by atoms with Crippen LogP contribution in [0.1, 0.15) is 16.3 Å². The van der Waals surface area contributed by atoms with Gasteiger partial charge >= 0.3 is 0 Å². The Hall–Kier alpha value is -1.62. The molecule has 4 nitrogen and oxygen atoms in total. The molecule has 0 saturated carbocycles. The van der Waals surface area contributed by atoms with E-state index in [1.807, 2.05) is 0 Å². The van der Waals surface area contributed by atoms with Gasteiger partial charge in [0, 0.05) is 10.7 Å². The number of pyridine rings is 1. The highest BCUT2D eigenvalue weighted by Gasteiger charge is 2.10. The summed E-state index contributed by atoms with van der Waals surface area (Å²) in [5.74, 6) is 1.15. The third kappa shape index (κ3) is 2.49. The fourth-order valence-corrected chi connectivity index (χ4v) is 1.54. The largest absolute Gasteiger partial charge is 0.456 e. The van der Waals surface area contributed by atoms with Crippen LogP contribution in [0, 0.1) is 6.92 Å². The number of aryl methyl sites for hydroxylation is 1. The summed E-state index contributed by atoms with van der Waals surface area (Å²) in [4.78, 5) is 15.7. The van der Waals surface area contributed by atoms with E-state index in [0.29, 0.717) is 11.6 Å². The molecule has 0 aliphatic rings. The van der Waals surface area contributed by atoms with Crippen molar-refractivity contribution in [2.24, 2.45) is 0 Å². The Morgan fingerprint density at radius 3 is 2.88 bits per heavy atom. The molecule has 1 N–H and O–H groups in total. The zero-order valence-electron chi connectivity index (χ0n) is 8.53. The van der Waals surface area contributed by atoms with Gasteiger partial charge in [-0.25, -0.2) is 4.98 Å². The standard InChI is InChI=1S/C11H9BrN2O2/c1-7-2-3-9(16-7)11(15)14-10-6-8(12)4-5-13-10/h2-6H,1H3,(H,13,14,15). The van der Waals surface area contributed by atoms with Gasteiger partial charge in [0.15, 0.2) is 5.76 Å². The van der Waals surface area contributed by atoms with Gasteiger partial charge in [-0.2, -0.15) is 0 Å². The summed E-state index contributed by atoms with van der Waals surface area (Å²) in [7, 11) is 0. The second-order valence-electron chi connectivity index (χ2n) is 3.22. The molecule has 0 radical (unpaired) electrons. The molecule has 2 rings (SSSR count). The summed E-state index contributed by atoms with van der Waals surface area (Å²) < 4.78 is 6.05. The van der Waals surface area contributed by atoms with Gasteiger partial charge in [0.25, 0.3) is 5.91 Å². The van der Waals surface area contributed by atoms with Gasteiger partial charge in [-0.1, -0.05) is 15.9 Å². The molecule has 0 spiro atoms. The van der Waals surface area contributed by atoms with Crippen LogP contribution in [0.4, 0.5) is 5.82 Å². The van der Waals surface area contributed by atoms with Gasteiger partial charge in [0.2, 0.25) is 0 Å². The highest BCUT2D eigenvalue weighted by Crippen LogP contribution is 2.14. The Morgan fingerprint density at radius 2 is 2.25 bits per heavy atom. The highest BCUT2D eigenvalue weighted by atomic mass is 79.9. The number of hydrogen-bond donors (Lipinski definition) is 1. The molecule has 0 unspecified atom stereocenters. The molecule has 0 aromatic carbocycles. The second-order valence-corrected chi connectivity index (χ2v) is 4.14. The van der Waals surface area contributed by atoms with Crippen LogP contribution in [-0.4, -0.2) is 10.9 Å². The summed E-state index contributed by atoms with van der Waals surface area (Å²) in [5, 5.41) is 2.64. The molecule has 0 aliphatic heterocycles. The average molecular weight is 281 g/mol. The minimum atomic E-state index is -0.307. The maximum Gasteiger partial charge on any atom is 0.292 e. The van der Waals surface area contributed by atoms with Crippen LogP contribution in [0.3, 0.4) is 0 Å². The lowest BCUT2D eigenvalue weighted by molar-refractivity contribution is 0.0995. The molecule has 2 aromatic heterocycles. The van der Waals surface area contributed by atoms with Crippen molar-refractivity contribution in [1.29, 1.82) is 0 Å². The summed E-state index contributed by atoms with van der Waals surface area (Å²) in [5.41, 5.74) is 0. The molecule has 0 saturated heterocycles. The van der Waals surface area contributed by atoms with E-state index in [1.54, 1.807) is 37.4 Å². The number of carbonyl (C=O) groups is 1. The maximum absolute atomic E-state index is 11.7. The smallest absolute Gasteiger partial charge is 0.292 e. The van der Waals surface area contributed by atoms with Gasteiger partial charge in [-0.15, -0.1) is 0 Å². The van der Waals surface area contributed by atoms with E-state index >= 15 is 0 Å². The van der Waals surface area contributed by atoms with E-state index in [0.717, 1.165) is 4.47 Å². The summed E-state index contributed by atoms with van der Waals surface area (Å²) >= 11 is 3.30. The van der Waals surface area contributed by atoms with E-state index in [1.165, 1.54) is 0 Å². The first-order valence-corrected chi connectivity index (χ1v) is 5.44. The Labute approximate surface area is 101 Å². The van der Waals surface area contributed by atoms with Crippen LogP contribution in [0.25, 0.3) is 0 Å². The van der Waals surface area contributed by atoms with Crippen molar-refractivity contribution in [3.8, 4) is 0 Å². The van der Waals surface area contributed by atoms with Crippen molar-refractivity contribution in [3.63, 3.8) is 0 Å². The summed E-state index contributed by atoms with van der Waals surface area (Å²) in [6, 6.07) is 6.87. The van der Waals surface area contributed by atoms with Gasteiger partial charge in [-0.05, 0) is 31.2 Å². The summed E-state index contributed by atoms with van der Waals surface area (Å²) in [6.45, 7) is 1.79. The molecule has 2 heterocycles. The number of amides is 1. The van der Waals surface area contributed by atoms with Crippen LogP contribution in [0.5, 0.6) is 0 Å². The number of nitrogens with zero attached hydrogens (tertiary/aromatic N) is 1. The van der Waals surface area contributed by atoms with E-state index in [9.17, 15) is 4.79 Å². The van der Waals surface area contributed by atoms with Crippen molar-refractivity contribution in [2.45, 2.75) is 6.92 Å². The number of nitrogens with one attached hydrogen (secondary N) is 1. The van der Waals surface area contributed by atoms with Crippen molar-refractivity contribution >= 4 is 27.7 Å². The zero-order chi connectivity index (χ0) is 11.5. The lowest BCUT2D eigenvalue weighted by atomic mass is 10.4. The molecule has 1 amide bonds. The van der Waals surface area contributed by atoms with E-state index in [-0.39, 0.29) is 11.7 Å². The number of hydrogen-bond acceptors (Lipinski definition) is 3. The topological polar surface area (TPSA) is 55.1 Å². The van der Waals surface area contributed by atoms with Gasteiger partial charge in [0.1, 0.15) is 11.6 Å². The first kappa shape index (κ1) is 10.9. The fraction of sp³-hybridized carbons (Fsp3) is 0.0909. The third-order valence-corrected chi connectivity index (χ3v) is 2.42. The predicted octanol–water partition coefficient (Wildman–Crippen LogP) is 3.00. The maximum atomic E-state index is 11.7. The quantitative estimate of drug-likeness (QED) is 0.920. The van der Waals surface area contributed by atoms with E-state index < -0.39 is 0 Å². The SMILES string of the molecule is Cc1ccc(C(=O)Nc2cc(Br)ccn2)o1. The Bertz CT molecular complexity index is 522. The van der Waals surface area contributed by atoms with Crippen LogP contribution in [-0.2, 0) is 0 Å². The van der Waals surface area contributed by atoms with Crippen LogP contribution in [0.15, 0.2) is 39.4 Å². The van der Waals surface area contributed by atoms with Gasteiger partial charge in [0.05, 0.1) is 0 Å². The van der Waals surface area contributed by atoms with Crippen LogP contribution < -0.4 is 5.32 Å². The predicted molar refractivity (Wildman–Crippen MR) is 63.3 cm³/mol. The Morgan fingerprint density at radius 1 is 1.44 bits per heavy atom. The zero-order valence-corrected chi connectivity index (χ0v) is 10.1. The minimum absolute atomic E-state index is 0.277. The normalized spacial score (nSPS) is 10.1. The molecule has 0 bridgehead atoms. The molecule has 82 valence electrons. The van der Waals surface area contributed by atoms with Crippen LogP contribution >= 0.6 is 15.9 Å². The fourth-order valence-electron chi connectivity index (χ4n) is 1.21. The molecule has 5 heteroatoms. The summed E-state index contributed by atoms with van der Waals surface area (Å²) in [6.07, 6.45) is 1.60.